The molecule has 1 aliphatic carbocycles. The van der Waals surface area contributed by atoms with Crippen molar-refractivity contribution < 1.29 is 9.53 Å². The second-order valence-corrected chi connectivity index (χ2v) is 9.74. The molecule has 3 aromatic rings. The first kappa shape index (κ1) is 20.2. The molecule has 1 aromatic carbocycles. The second kappa shape index (κ2) is 7.75. The van der Waals surface area contributed by atoms with E-state index in [4.69, 9.17) is 14.7 Å². The van der Waals surface area contributed by atoms with Crippen molar-refractivity contribution in [2.24, 2.45) is 5.92 Å². The van der Waals surface area contributed by atoms with Gasteiger partial charge in [-0.1, -0.05) is 18.2 Å². The number of carbonyl (C=O) groups excluding carboxylic acids is 1. The molecule has 1 saturated heterocycles. The summed E-state index contributed by atoms with van der Waals surface area (Å²) in [6.07, 6.45) is 6.24. The molecular formula is C25H30N4O2. The number of fused-ring (bicyclic) bond motifs is 4. The van der Waals surface area contributed by atoms with Crippen molar-refractivity contribution >= 4 is 17.1 Å². The normalized spacial score (nSPS) is 21.5. The van der Waals surface area contributed by atoms with Crippen LogP contribution in [0.25, 0.3) is 11.0 Å². The number of likely N-dealkylation sites (tertiary alicyclic amines) is 1. The monoisotopic (exact) mass is 418 g/mol. The van der Waals surface area contributed by atoms with Crippen LogP contribution < -0.4 is 0 Å². The summed E-state index contributed by atoms with van der Waals surface area (Å²) in [7, 11) is 0. The van der Waals surface area contributed by atoms with E-state index in [1.54, 1.807) is 4.57 Å². The largest absolute Gasteiger partial charge is 0.443 e. The maximum atomic E-state index is 13.1. The van der Waals surface area contributed by atoms with Gasteiger partial charge in [-0.15, -0.1) is 0 Å². The summed E-state index contributed by atoms with van der Waals surface area (Å²) in [4.78, 5) is 25.3. The van der Waals surface area contributed by atoms with Crippen LogP contribution in [0.15, 0.2) is 42.6 Å². The lowest BCUT2D eigenvalue weighted by Gasteiger charge is -2.44. The minimum atomic E-state index is -0.567. The molecule has 31 heavy (non-hydrogen) atoms. The van der Waals surface area contributed by atoms with Gasteiger partial charge < -0.3 is 4.74 Å². The molecule has 162 valence electrons. The molecule has 0 bridgehead atoms. The zero-order chi connectivity index (χ0) is 21.6. The smallest absolute Gasteiger partial charge is 0.420 e. The molecule has 5 rings (SSSR count). The Kier molecular flexibility index (Phi) is 5.05. The average Bonchev–Trinajstić information content (AvgIpc) is 3.10. The van der Waals surface area contributed by atoms with Crippen molar-refractivity contribution in [3.8, 4) is 0 Å². The highest BCUT2D eigenvalue weighted by atomic mass is 16.6. The number of benzene rings is 1. The molecule has 0 amide bonds. The number of hydrogen-bond donors (Lipinski definition) is 0. The van der Waals surface area contributed by atoms with Crippen LogP contribution >= 0.6 is 0 Å². The zero-order valence-corrected chi connectivity index (χ0v) is 18.5. The molecule has 0 N–H and O–H groups in total. The highest BCUT2D eigenvalue weighted by Gasteiger charge is 2.38. The fourth-order valence-electron chi connectivity index (χ4n) is 5.17. The predicted octanol–water partition coefficient (Wildman–Crippen LogP) is 5.11. The molecule has 0 saturated carbocycles. The molecule has 2 atom stereocenters. The van der Waals surface area contributed by atoms with Gasteiger partial charge >= 0.3 is 6.09 Å². The first-order valence-corrected chi connectivity index (χ1v) is 11.3. The molecule has 1 aliphatic heterocycles. The van der Waals surface area contributed by atoms with E-state index in [9.17, 15) is 4.79 Å². The van der Waals surface area contributed by atoms with Gasteiger partial charge in [0.15, 0.2) is 0 Å². The molecule has 3 heterocycles. The second-order valence-electron chi connectivity index (χ2n) is 9.74. The Morgan fingerprint density at radius 2 is 2.00 bits per heavy atom. The third kappa shape index (κ3) is 3.85. The van der Waals surface area contributed by atoms with E-state index >= 15 is 0 Å². The third-order valence-electron chi connectivity index (χ3n) is 6.40. The maximum Gasteiger partial charge on any atom is 0.420 e. The van der Waals surface area contributed by atoms with Crippen molar-refractivity contribution in [1.82, 2.24) is 19.4 Å². The van der Waals surface area contributed by atoms with Crippen LogP contribution in [0.4, 0.5) is 4.79 Å². The van der Waals surface area contributed by atoms with Gasteiger partial charge in [0, 0.05) is 6.20 Å². The lowest BCUT2D eigenvalue weighted by atomic mass is 9.77. The molecular weight excluding hydrogens is 388 g/mol. The Labute approximate surface area is 183 Å². The molecule has 6 nitrogen and oxygen atoms in total. The van der Waals surface area contributed by atoms with Gasteiger partial charge in [-0.05, 0) is 82.7 Å². The minimum Gasteiger partial charge on any atom is -0.443 e. The van der Waals surface area contributed by atoms with Gasteiger partial charge in [0.25, 0.3) is 0 Å². The van der Waals surface area contributed by atoms with Crippen LogP contribution in [-0.2, 0) is 17.7 Å². The van der Waals surface area contributed by atoms with E-state index in [1.807, 2.05) is 57.3 Å². The van der Waals surface area contributed by atoms with Crippen molar-refractivity contribution in [2.45, 2.75) is 64.6 Å². The van der Waals surface area contributed by atoms with E-state index in [1.165, 1.54) is 24.1 Å². The lowest BCUT2D eigenvalue weighted by Crippen LogP contribution is -2.42. The van der Waals surface area contributed by atoms with E-state index in [0.29, 0.717) is 12.5 Å². The predicted molar refractivity (Wildman–Crippen MR) is 120 cm³/mol. The van der Waals surface area contributed by atoms with Gasteiger partial charge in [-0.3, -0.25) is 9.88 Å². The minimum absolute atomic E-state index is 0.283. The molecule has 0 unspecified atom stereocenters. The summed E-state index contributed by atoms with van der Waals surface area (Å²) in [5.74, 6) is 1.34. The fourth-order valence-corrected chi connectivity index (χ4v) is 5.17. The van der Waals surface area contributed by atoms with Gasteiger partial charge in [0.05, 0.1) is 29.3 Å². The number of carbonyl (C=O) groups is 1. The molecule has 0 spiro atoms. The Bertz CT molecular complexity index is 1110. The number of nitrogens with zero attached hydrogens (tertiary/aromatic N) is 4. The molecule has 2 aliphatic rings. The van der Waals surface area contributed by atoms with Crippen molar-refractivity contribution in [3.63, 3.8) is 0 Å². The first-order valence-electron chi connectivity index (χ1n) is 11.3. The van der Waals surface area contributed by atoms with Crippen LogP contribution in [0.1, 0.15) is 63.2 Å². The highest BCUT2D eigenvalue weighted by molar-refractivity contribution is 5.87. The number of pyridine rings is 1. The first-order chi connectivity index (χ1) is 14.9. The number of piperidine rings is 1. The number of rotatable bonds is 2. The summed E-state index contributed by atoms with van der Waals surface area (Å²) < 4.78 is 7.40. The number of aryl methyl sites for hydroxylation is 1. The topological polar surface area (TPSA) is 60.2 Å². The highest BCUT2D eigenvalue weighted by Crippen LogP contribution is 2.43. The van der Waals surface area contributed by atoms with E-state index < -0.39 is 5.60 Å². The van der Waals surface area contributed by atoms with E-state index in [2.05, 4.69) is 11.0 Å². The molecule has 0 radical (unpaired) electrons. The zero-order valence-electron chi connectivity index (χ0n) is 18.5. The van der Waals surface area contributed by atoms with Crippen LogP contribution in [-0.4, -0.2) is 37.7 Å². The molecule has 2 aromatic heterocycles. The Morgan fingerprint density at radius 1 is 1.16 bits per heavy atom. The summed E-state index contributed by atoms with van der Waals surface area (Å²) in [5.41, 5.74) is 3.61. The Morgan fingerprint density at radius 3 is 2.84 bits per heavy atom. The quantitative estimate of drug-likeness (QED) is 0.578. The number of hydrogen-bond acceptors (Lipinski definition) is 5. The van der Waals surface area contributed by atoms with Crippen molar-refractivity contribution in [2.75, 3.05) is 6.54 Å². The SMILES string of the molecule is CC(C)(C)OC(=O)n1c(CN2CCC[C@H]3CCc4cccnc4[C@@H]32)nc2ccccc21. The summed E-state index contributed by atoms with van der Waals surface area (Å²) in [6.45, 7) is 7.26. The van der Waals surface area contributed by atoms with E-state index in [0.717, 1.165) is 36.2 Å². The van der Waals surface area contributed by atoms with Crippen LogP contribution in [0.5, 0.6) is 0 Å². The van der Waals surface area contributed by atoms with Crippen LogP contribution in [0, 0.1) is 5.92 Å². The van der Waals surface area contributed by atoms with Gasteiger partial charge in [-0.25, -0.2) is 14.3 Å². The maximum absolute atomic E-state index is 13.1. The van der Waals surface area contributed by atoms with Gasteiger partial charge in [0.2, 0.25) is 0 Å². The van der Waals surface area contributed by atoms with E-state index in [-0.39, 0.29) is 12.1 Å². The number of ether oxygens (including phenoxy) is 1. The lowest BCUT2D eigenvalue weighted by molar-refractivity contribution is 0.0497. The molecule has 1 fully saturated rings. The number of para-hydroxylation sites is 2. The van der Waals surface area contributed by atoms with Crippen molar-refractivity contribution in [3.05, 3.63) is 59.7 Å². The standard InChI is InChI=1S/C25H30N4O2/c1-25(2,3)31-24(30)29-20-11-5-4-10-19(20)27-21(29)16-28-15-7-9-18-13-12-17-8-6-14-26-22(17)23(18)28/h4-6,8,10-11,14,18,23H,7,9,12-13,15-16H2,1-3H3/t18-,23+/m0/s1. The van der Waals surface area contributed by atoms with Crippen molar-refractivity contribution in [1.29, 1.82) is 0 Å². The summed E-state index contributed by atoms with van der Waals surface area (Å²) >= 11 is 0. The molecule has 6 heteroatoms. The van der Waals surface area contributed by atoms with Crippen LogP contribution in [0.2, 0.25) is 0 Å². The third-order valence-corrected chi connectivity index (χ3v) is 6.40. The number of aromatic nitrogens is 3. The number of imidazole rings is 1. The van der Waals surface area contributed by atoms with Gasteiger partial charge in [-0.2, -0.15) is 0 Å². The van der Waals surface area contributed by atoms with Crippen LogP contribution in [0.3, 0.4) is 0 Å². The summed E-state index contributed by atoms with van der Waals surface area (Å²) in [5, 5.41) is 0. The Hall–Kier alpha value is -2.73. The van der Waals surface area contributed by atoms with Gasteiger partial charge in [0.1, 0.15) is 11.4 Å². The fraction of sp³-hybridized carbons (Fsp3) is 0.480. The summed E-state index contributed by atoms with van der Waals surface area (Å²) in [6, 6.07) is 12.3. The average molecular weight is 419 g/mol. The Balaban J connectivity index is 1.53.